The number of benzene rings is 1. The van der Waals surface area contributed by atoms with Crippen LogP contribution in [0, 0.1) is 0 Å². The zero-order valence-electron chi connectivity index (χ0n) is 12.3. The molecule has 1 aromatic carbocycles. The predicted molar refractivity (Wildman–Crippen MR) is 74.9 cm³/mol. The van der Waals surface area contributed by atoms with E-state index in [-0.39, 0.29) is 29.9 Å². The van der Waals surface area contributed by atoms with Crippen molar-refractivity contribution in [2.45, 2.75) is 20.0 Å². The number of alkyl halides is 2. The molecule has 0 aliphatic rings. The van der Waals surface area contributed by atoms with Crippen LogP contribution in [0.2, 0.25) is 0 Å². The van der Waals surface area contributed by atoms with Gasteiger partial charge in [0.05, 0.1) is 12.2 Å². The van der Waals surface area contributed by atoms with Crippen LogP contribution in [0.1, 0.15) is 34.8 Å². The zero-order valence-corrected chi connectivity index (χ0v) is 12.3. The lowest BCUT2D eigenvalue weighted by Gasteiger charge is -2.13. The Labute approximate surface area is 126 Å². The average Bonchev–Trinajstić information content (AvgIpc) is 2.90. The summed E-state index contributed by atoms with van der Waals surface area (Å²) in [4.78, 5) is 11.9. The van der Waals surface area contributed by atoms with E-state index in [0.717, 1.165) is 0 Å². The second kappa shape index (κ2) is 7.02. The van der Waals surface area contributed by atoms with E-state index in [1.807, 2.05) is 0 Å². The molecule has 0 saturated heterocycles. The number of aromatic nitrogens is 2. The van der Waals surface area contributed by atoms with Gasteiger partial charge in [-0.1, -0.05) is 12.1 Å². The SMILES string of the molecule is CCOC(=O)c1cccc(C(F)F)c1COc1ccn(C)n1. The summed E-state index contributed by atoms with van der Waals surface area (Å²) in [7, 11) is 1.71. The van der Waals surface area contributed by atoms with Gasteiger partial charge in [0.25, 0.3) is 6.43 Å². The van der Waals surface area contributed by atoms with Gasteiger partial charge in [0.15, 0.2) is 0 Å². The van der Waals surface area contributed by atoms with Gasteiger partial charge in [-0.25, -0.2) is 13.6 Å². The Morgan fingerprint density at radius 3 is 2.73 bits per heavy atom. The standard InChI is InChI=1S/C15H16F2N2O3/c1-3-21-15(20)11-6-4-5-10(14(16)17)12(11)9-22-13-7-8-19(2)18-13/h4-8,14H,3,9H2,1-2H3. The number of hydrogen-bond acceptors (Lipinski definition) is 4. The van der Waals surface area contributed by atoms with Crippen LogP contribution in [-0.2, 0) is 18.4 Å². The molecule has 0 unspecified atom stereocenters. The fourth-order valence-corrected chi connectivity index (χ4v) is 1.99. The summed E-state index contributed by atoms with van der Waals surface area (Å²) < 4.78 is 38.1. The van der Waals surface area contributed by atoms with Gasteiger partial charge >= 0.3 is 5.97 Å². The highest BCUT2D eigenvalue weighted by molar-refractivity contribution is 5.91. The quantitative estimate of drug-likeness (QED) is 0.769. The number of nitrogens with zero attached hydrogens (tertiary/aromatic N) is 2. The van der Waals surface area contributed by atoms with Crippen LogP contribution in [0.4, 0.5) is 8.78 Å². The largest absolute Gasteiger partial charge is 0.472 e. The Bertz CT molecular complexity index is 656. The topological polar surface area (TPSA) is 53.4 Å². The number of hydrogen-bond donors (Lipinski definition) is 0. The third-order valence-electron chi connectivity index (χ3n) is 3.00. The van der Waals surface area contributed by atoms with E-state index >= 15 is 0 Å². The van der Waals surface area contributed by atoms with Gasteiger partial charge < -0.3 is 9.47 Å². The van der Waals surface area contributed by atoms with Gasteiger partial charge in [0.1, 0.15) is 6.61 Å². The van der Waals surface area contributed by atoms with Crippen LogP contribution in [0.25, 0.3) is 0 Å². The zero-order chi connectivity index (χ0) is 16.1. The molecule has 118 valence electrons. The lowest BCUT2D eigenvalue weighted by molar-refractivity contribution is 0.0522. The molecule has 2 rings (SSSR count). The number of aryl methyl sites for hydroxylation is 1. The number of carbonyl (C=O) groups is 1. The van der Waals surface area contributed by atoms with Crippen LogP contribution in [0.3, 0.4) is 0 Å². The number of rotatable bonds is 6. The van der Waals surface area contributed by atoms with Crippen molar-refractivity contribution < 1.29 is 23.0 Å². The first kappa shape index (κ1) is 15.9. The molecule has 0 N–H and O–H groups in total. The molecule has 0 atom stereocenters. The highest BCUT2D eigenvalue weighted by Crippen LogP contribution is 2.27. The number of esters is 1. The van der Waals surface area contributed by atoms with E-state index < -0.39 is 12.4 Å². The van der Waals surface area contributed by atoms with Gasteiger partial charge in [-0.2, -0.15) is 0 Å². The van der Waals surface area contributed by atoms with Gasteiger partial charge in [-0.05, 0) is 13.0 Å². The Morgan fingerprint density at radius 2 is 2.14 bits per heavy atom. The van der Waals surface area contributed by atoms with E-state index in [1.54, 1.807) is 26.2 Å². The molecule has 0 amide bonds. The molecular formula is C15H16F2N2O3. The molecule has 5 nitrogen and oxygen atoms in total. The fraction of sp³-hybridized carbons (Fsp3) is 0.333. The lowest BCUT2D eigenvalue weighted by Crippen LogP contribution is -2.12. The van der Waals surface area contributed by atoms with Crippen LogP contribution in [-0.4, -0.2) is 22.4 Å². The van der Waals surface area contributed by atoms with Crippen molar-refractivity contribution in [2.75, 3.05) is 6.61 Å². The molecular weight excluding hydrogens is 294 g/mol. The van der Waals surface area contributed by atoms with Crippen molar-refractivity contribution in [1.82, 2.24) is 9.78 Å². The maximum Gasteiger partial charge on any atom is 0.338 e. The van der Waals surface area contributed by atoms with E-state index in [4.69, 9.17) is 9.47 Å². The molecule has 0 aliphatic heterocycles. The maximum absolute atomic E-state index is 13.2. The second-order valence-corrected chi connectivity index (χ2v) is 4.51. The van der Waals surface area contributed by atoms with Crippen molar-refractivity contribution in [3.63, 3.8) is 0 Å². The van der Waals surface area contributed by atoms with E-state index in [1.165, 1.54) is 22.9 Å². The summed E-state index contributed by atoms with van der Waals surface area (Å²) >= 11 is 0. The van der Waals surface area contributed by atoms with Crippen molar-refractivity contribution in [1.29, 1.82) is 0 Å². The van der Waals surface area contributed by atoms with Gasteiger partial charge in [-0.3, -0.25) is 4.68 Å². The maximum atomic E-state index is 13.2. The first-order chi connectivity index (χ1) is 10.5. The molecule has 0 aliphatic carbocycles. The molecule has 0 radical (unpaired) electrons. The van der Waals surface area contributed by atoms with E-state index in [0.29, 0.717) is 5.88 Å². The molecule has 7 heteroatoms. The molecule has 0 fully saturated rings. The van der Waals surface area contributed by atoms with Gasteiger partial charge in [0, 0.05) is 30.4 Å². The van der Waals surface area contributed by atoms with Crippen LogP contribution >= 0.6 is 0 Å². The minimum atomic E-state index is -2.71. The highest BCUT2D eigenvalue weighted by atomic mass is 19.3. The first-order valence-corrected chi connectivity index (χ1v) is 6.72. The third kappa shape index (κ3) is 3.60. The monoisotopic (exact) mass is 310 g/mol. The molecule has 0 bridgehead atoms. The molecule has 1 heterocycles. The summed E-state index contributed by atoms with van der Waals surface area (Å²) in [5.41, 5.74) is -0.0568. The average molecular weight is 310 g/mol. The predicted octanol–water partition coefficient (Wildman–Crippen LogP) is 3.11. The Hall–Kier alpha value is -2.44. The highest BCUT2D eigenvalue weighted by Gasteiger charge is 2.21. The van der Waals surface area contributed by atoms with Crippen LogP contribution in [0.5, 0.6) is 5.88 Å². The summed E-state index contributed by atoms with van der Waals surface area (Å²) in [6.07, 6.45) is -1.04. The second-order valence-electron chi connectivity index (χ2n) is 4.51. The lowest BCUT2D eigenvalue weighted by atomic mass is 10.0. The Balaban J connectivity index is 2.30. The molecule has 0 spiro atoms. The van der Waals surface area contributed by atoms with Crippen molar-refractivity contribution in [2.24, 2.45) is 7.05 Å². The molecule has 22 heavy (non-hydrogen) atoms. The number of halogens is 2. The normalized spacial score (nSPS) is 10.8. The summed E-state index contributed by atoms with van der Waals surface area (Å²) in [5, 5.41) is 4.00. The van der Waals surface area contributed by atoms with Crippen LogP contribution in [0.15, 0.2) is 30.5 Å². The van der Waals surface area contributed by atoms with Gasteiger partial charge in [-0.15, -0.1) is 5.10 Å². The Kier molecular flexibility index (Phi) is 5.08. The smallest absolute Gasteiger partial charge is 0.338 e. The van der Waals surface area contributed by atoms with Gasteiger partial charge in [0.2, 0.25) is 5.88 Å². The number of carbonyl (C=O) groups excluding carboxylic acids is 1. The minimum absolute atomic E-state index is 0.0792. The molecule has 2 aromatic rings. The van der Waals surface area contributed by atoms with Crippen molar-refractivity contribution in [3.05, 3.63) is 47.2 Å². The summed E-state index contributed by atoms with van der Waals surface area (Å²) in [5.74, 6) is -0.356. The van der Waals surface area contributed by atoms with Crippen molar-refractivity contribution in [3.8, 4) is 5.88 Å². The van der Waals surface area contributed by atoms with E-state index in [9.17, 15) is 13.6 Å². The summed E-state index contributed by atoms with van der Waals surface area (Å²) in [6, 6.07) is 5.72. The fourth-order valence-electron chi connectivity index (χ4n) is 1.99. The first-order valence-electron chi connectivity index (χ1n) is 6.72. The molecule has 0 saturated carbocycles. The minimum Gasteiger partial charge on any atom is -0.472 e. The van der Waals surface area contributed by atoms with E-state index in [2.05, 4.69) is 5.10 Å². The molecule has 1 aromatic heterocycles. The number of ether oxygens (including phenoxy) is 2. The van der Waals surface area contributed by atoms with Crippen molar-refractivity contribution >= 4 is 5.97 Å². The van der Waals surface area contributed by atoms with Crippen LogP contribution < -0.4 is 4.74 Å². The third-order valence-corrected chi connectivity index (χ3v) is 3.00. The Morgan fingerprint density at radius 1 is 1.36 bits per heavy atom. The summed E-state index contributed by atoms with van der Waals surface area (Å²) in [6.45, 7) is 1.63.